The van der Waals surface area contributed by atoms with Gasteiger partial charge in [0.15, 0.2) is 5.76 Å². The molecule has 1 N–H and O–H groups in total. The lowest BCUT2D eigenvalue weighted by molar-refractivity contribution is 0.0909. The van der Waals surface area contributed by atoms with Gasteiger partial charge in [-0.25, -0.2) is 4.98 Å². The van der Waals surface area contributed by atoms with Gasteiger partial charge in [-0.3, -0.25) is 4.79 Å². The lowest BCUT2D eigenvalue weighted by Gasteiger charge is -2.17. The van der Waals surface area contributed by atoms with Gasteiger partial charge in [0.1, 0.15) is 18.2 Å². The third-order valence-electron chi connectivity index (χ3n) is 5.13. The number of nitrogens with zero attached hydrogens (tertiary/aromatic N) is 2. The molecule has 0 aliphatic carbocycles. The van der Waals surface area contributed by atoms with Crippen molar-refractivity contribution in [1.82, 2.24) is 14.9 Å². The summed E-state index contributed by atoms with van der Waals surface area (Å²) in [5.41, 5.74) is 4.13. The van der Waals surface area contributed by atoms with Gasteiger partial charge in [-0.2, -0.15) is 0 Å². The van der Waals surface area contributed by atoms with E-state index in [1.54, 1.807) is 12.1 Å². The zero-order valence-corrected chi connectivity index (χ0v) is 17.4. The zero-order valence-electron chi connectivity index (χ0n) is 17.4. The van der Waals surface area contributed by atoms with Gasteiger partial charge in [-0.05, 0) is 56.2 Å². The summed E-state index contributed by atoms with van der Waals surface area (Å²) in [6.07, 6.45) is 1.49. The highest BCUT2D eigenvalue weighted by molar-refractivity contribution is 5.91. The second kappa shape index (κ2) is 8.45. The van der Waals surface area contributed by atoms with Gasteiger partial charge in [-0.15, -0.1) is 0 Å². The first-order chi connectivity index (χ1) is 14.5. The van der Waals surface area contributed by atoms with Crippen LogP contribution in [0.15, 0.2) is 65.3 Å². The molecule has 4 aromatic rings. The van der Waals surface area contributed by atoms with Crippen LogP contribution < -0.4 is 10.1 Å². The molecule has 0 fully saturated rings. The van der Waals surface area contributed by atoms with Crippen LogP contribution in [0.4, 0.5) is 0 Å². The van der Waals surface area contributed by atoms with Crippen molar-refractivity contribution in [2.24, 2.45) is 0 Å². The number of aromatic nitrogens is 2. The predicted octanol–water partition coefficient (Wildman–Crippen LogP) is 4.82. The largest absolute Gasteiger partial charge is 0.491 e. The van der Waals surface area contributed by atoms with E-state index in [2.05, 4.69) is 9.88 Å². The van der Waals surface area contributed by atoms with Crippen molar-refractivity contribution in [2.45, 2.75) is 33.4 Å². The standard InChI is InChI=1S/C24H25N3O3/c1-16-8-6-9-17(2)22(16)30-15-13-27-20-11-5-4-10-19(20)26-23(27)18(3)25-24(28)21-12-7-14-29-21/h4-12,14,18H,13,15H2,1-3H3,(H,25,28)/t18-/m0/s1. The summed E-state index contributed by atoms with van der Waals surface area (Å²) in [5.74, 6) is 1.71. The highest BCUT2D eigenvalue weighted by atomic mass is 16.5. The van der Waals surface area contributed by atoms with Crippen molar-refractivity contribution < 1.29 is 13.9 Å². The number of fused-ring (bicyclic) bond motifs is 1. The molecule has 2 aromatic carbocycles. The number of aryl methyl sites for hydroxylation is 2. The van der Waals surface area contributed by atoms with Crippen molar-refractivity contribution in [3.63, 3.8) is 0 Å². The van der Waals surface area contributed by atoms with Crippen molar-refractivity contribution in [2.75, 3.05) is 6.61 Å². The SMILES string of the molecule is Cc1cccc(C)c1OCCn1c([C@H](C)NC(=O)c2ccco2)nc2ccccc21. The highest BCUT2D eigenvalue weighted by Crippen LogP contribution is 2.24. The first-order valence-electron chi connectivity index (χ1n) is 10.0. The quantitative estimate of drug-likeness (QED) is 0.480. The minimum Gasteiger partial charge on any atom is -0.491 e. The summed E-state index contributed by atoms with van der Waals surface area (Å²) in [5, 5.41) is 2.97. The number of imidazole rings is 1. The number of nitrogens with one attached hydrogen (secondary N) is 1. The number of ether oxygens (including phenoxy) is 1. The van der Waals surface area contributed by atoms with E-state index >= 15 is 0 Å². The monoisotopic (exact) mass is 403 g/mol. The smallest absolute Gasteiger partial charge is 0.287 e. The van der Waals surface area contributed by atoms with E-state index in [0.717, 1.165) is 33.7 Å². The molecule has 0 saturated carbocycles. The molecule has 30 heavy (non-hydrogen) atoms. The Bertz CT molecular complexity index is 1140. The summed E-state index contributed by atoms with van der Waals surface area (Å²) in [6.45, 7) is 7.13. The molecule has 154 valence electrons. The van der Waals surface area contributed by atoms with Crippen LogP contribution in [0, 0.1) is 13.8 Å². The maximum absolute atomic E-state index is 12.4. The number of furan rings is 1. The Morgan fingerprint density at radius 3 is 2.60 bits per heavy atom. The van der Waals surface area contributed by atoms with Crippen LogP contribution in [0.2, 0.25) is 0 Å². The van der Waals surface area contributed by atoms with Crippen LogP contribution in [0.25, 0.3) is 11.0 Å². The predicted molar refractivity (Wildman–Crippen MR) is 116 cm³/mol. The zero-order chi connectivity index (χ0) is 21.1. The van der Waals surface area contributed by atoms with E-state index < -0.39 is 0 Å². The minimum absolute atomic E-state index is 0.266. The molecule has 1 amide bonds. The Labute approximate surface area is 175 Å². The lowest BCUT2D eigenvalue weighted by atomic mass is 10.1. The van der Waals surface area contributed by atoms with Crippen LogP contribution in [-0.4, -0.2) is 22.1 Å². The summed E-state index contributed by atoms with van der Waals surface area (Å²) >= 11 is 0. The Morgan fingerprint density at radius 1 is 1.10 bits per heavy atom. The molecule has 0 aliphatic heterocycles. The molecule has 0 aliphatic rings. The Hall–Kier alpha value is -3.54. The summed E-state index contributed by atoms with van der Waals surface area (Å²) < 4.78 is 13.4. The molecule has 1 atom stereocenters. The number of carbonyl (C=O) groups excluding carboxylic acids is 1. The fourth-order valence-corrected chi connectivity index (χ4v) is 3.67. The number of benzene rings is 2. The number of hydrogen-bond acceptors (Lipinski definition) is 4. The summed E-state index contributed by atoms with van der Waals surface area (Å²) in [6, 6.07) is 17.1. The van der Waals surface area contributed by atoms with Crippen LogP contribution >= 0.6 is 0 Å². The van der Waals surface area contributed by atoms with Crippen molar-refractivity contribution >= 4 is 16.9 Å². The van der Waals surface area contributed by atoms with Gasteiger partial charge in [0.25, 0.3) is 5.91 Å². The maximum Gasteiger partial charge on any atom is 0.287 e. The highest BCUT2D eigenvalue weighted by Gasteiger charge is 2.20. The van der Waals surface area contributed by atoms with Crippen LogP contribution in [0.1, 0.15) is 40.5 Å². The van der Waals surface area contributed by atoms with E-state index in [-0.39, 0.29) is 17.7 Å². The molecule has 0 bridgehead atoms. The first kappa shape index (κ1) is 19.8. The van der Waals surface area contributed by atoms with Crippen LogP contribution in [0.5, 0.6) is 5.75 Å². The van der Waals surface area contributed by atoms with Crippen LogP contribution in [-0.2, 0) is 6.54 Å². The fourth-order valence-electron chi connectivity index (χ4n) is 3.67. The van der Waals surface area contributed by atoms with E-state index in [1.165, 1.54) is 6.26 Å². The van der Waals surface area contributed by atoms with Gasteiger partial charge >= 0.3 is 0 Å². The molecule has 0 radical (unpaired) electrons. The Balaban J connectivity index is 1.56. The van der Waals surface area contributed by atoms with Crippen molar-refractivity contribution in [3.8, 4) is 5.75 Å². The molecule has 6 nitrogen and oxygen atoms in total. The molecular weight excluding hydrogens is 378 g/mol. The van der Waals surface area contributed by atoms with Gasteiger partial charge in [0, 0.05) is 0 Å². The fraction of sp³-hybridized carbons (Fsp3) is 0.250. The second-order valence-corrected chi connectivity index (χ2v) is 7.35. The van der Waals surface area contributed by atoms with E-state index in [0.29, 0.717) is 13.2 Å². The normalized spacial score (nSPS) is 12.1. The number of carbonyl (C=O) groups is 1. The third kappa shape index (κ3) is 3.94. The first-order valence-corrected chi connectivity index (χ1v) is 10.0. The molecule has 2 aromatic heterocycles. The molecule has 0 spiro atoms. The van der Waals surface area contributed by atoms with E-state index in [1.807, 2.05) is 63.2 Å². The maximum atomic E-state index is 12.4. The Morgan fingerprint density at radius 2 is 1.87 bits per heavy atom. The van der Waals surface area contributed by atoms with Crippen molar-refractivity contribution in [1.29, 1.82) is 0 Å². The van der Waals surface area contributed by atoms with E-state index in [4.69, 9.17) is 14.1 Å². The molecule has 2 heterocycles. The number of rotatable bonds is 7. The number of para-hydroxylation sites is 3. The molecule has 6 heteroatoms. The molecular formula is C24H25N3O3. The molecule has 0 unspecified atom stereocenters. The average molecular weight is 403 g/mol. The summed E-state index contributed by atoms with van der Waals surface area (Å²) in [4.78, 5) is 17.2. The topological polar surface area (TPSA) is 69.3 Å². The summed E-state index contributed by atoms with van der Waals surface area (Å²) in [7, 11) is 0. The van der Waals surface area contributed by atoms with Gasteiger partial charge in [-0.1, -0.05) is 30.3 Å². The Kier molecular flexibility index (Phi) is 5.57. The van der Waals surface area contributed by atoms with Gasteiger partial charge in [0.2, 0.25) is 0 Å². The average Bonchev–Trinajstić information content (AvgIpc) is 3.39. The second-order valence-electron chi connectivity index (χ2n) is 7.35. The minimum atomic E-state index is -0.296. The van der Waals surface area contributed by atoms with E-state index in [9.17, 15) is 4.79 Å². The van der Waals surface area contributed by atoms with Gasteiger partial charge < -0.3 is 19.0 Å². The van der Waals surface area contributed by atoms with Crippen LogP contribution in [0.3, 0.4) is 0 Å². The number of hydrogen-bond donors (Lipinski definition) is 1. The number of amides is 1. The molecule has 4 rings (SSSR count). The van der Waals surface area contributed by atoms with Crippen molar-refractivity contribution in [3.05, 3.63) is 83.6 Å². The third-order valence-corrected chi connectivity index (χ3v) is 5.13. The lowest BCUT2D eigenvalue weighted by Crippen LogP contribution is -2.29. The van der Waals surface area contributed by atoms with Gasteiger partial charge in [0.05, 0.1) is 29.9 Å². The molecule has 0 saturated heterocycles.